The third kappa shape index (κ3) is 2.76. The summed E-state index contributed by atoms with van der Waals surface area (Å²) in [4.78, 5) is 0. The van der Waals surface area contributed by atoms with Gasteiger partial charge in [0.05, 0.1) is 0 Å². The minimum atomic E-state index is -3.08. The van der Waals surface area contributed by atoms with E-state index in [0.29, 0.717) is 19.6 Å². The molecule has 1 aliphatic rings. The molecule has 1 N–H and O–H groups in total. The third-order valence-electron chi connectivity index (χ3n) is 1.56. The number of nitrogens with one attached hydrogen (secondary N) is 1. The van der Waals surface area contributed by atoms with Gasteiger partial charge in [0.1, 0.15) is 0 Å². The lowest BCUT2D eigenvalue weighted by Gasteiger charge is -2.04. The van der Waals surface area contributed by atoms with Crippen molar-refractivity contribution < 1.29 is 8.42 Å². The Morgan fingerprint density at radius 3 is 2.55 bits per heavy atom. The second-order valence-electron chi connectivity index (χ2n) is 2.65. The van der Waals surface area contributed by atoms with Crippen LogP contribution in [0.4, 0.5) is 0 Å². The van der Waals surface area contributed by atoms with Crippen LogP contribution in [0.25, 0.3) is 0 Å². The molecule has 11 heavy (non-hydrogen) atoms. The van der Waals surface area contributed by atoms with Gasteiger partial charge in [0, 0.05) is 19.6 Å². The summed E-state index contributed by atoms with van der Waals surface area (Å²) in [6.45, 7) is 3.96. The van der Waals surface area contributed by atoms with E-state index >= 15 is 0 Å². The molecule has 0 spiro atoms. The van der Waals surface area contributed by atoms with Crippen molar-refractivity contribution in [2.75, 3.05) is 19.6 Å². The number of hydrogen-bond acceptors (Lipinski definition) is 2. The van der Waals surface area contributed by atoms with Crippen LogP contribution in [0.5, 0.6) is 0 Å². The van der Waals surface area contributed by atoms with Crippen LogP contribution >= 0.6 is 0 Å². The van der Waals surface area contributed by atoms with Gasteiger partial charge in [-0.1, -0.05) is 13.3 Å². The standard InChI is InChI=1S/C6H14N2O2S/c1-2-3-4-7-11(9,10)8-5-6-8/h7H,2-6H2,1H3. The summed E-state index contributed by atoms with van der Waals surface area (Å²) >= 11 is 0. The number of unbranched alkanes of at least 4 members (excludes halogenated alkanes) is 1. The molecule has 0 unspecified atom stereocenters. The smallest absolute Gasteiger partial charge is 0.202 e. The molecule has 0 radical (unpaired) electrons. The number of nitrogens with zero attached hydrogens (tertiary/aromatic N) is 1. The summed E-state index contributed by atoms with van der Waals surface area (Å²) in [5.74, 6) is 0. The topological polar surface area (TPSA) is 49.2 Å². The lowest BCUT2D eigenvalue weighted by molar-refractivity contribution is 0.544. The van der Waals surface area contributed by atoms with Gasteiger partial charge >= 0.3 is 0 Å². The second kappa shape index (κ2) is 3.51. The minimum Gasteiger partial charge on any atom is -0.202 e. The zero-order valence-corrected chi connectivity index (χ0v) is 7.52. The maximum Gasteiger partial charge on any atom is 0.279 e. The molecule has 1 fully saturated rings. The molecule has 0 amide bonds. The molecule has 0 aliphatic carbocycles. The average molecular weight is 178 g/mol. The summed E-state index contributed by atoms with van der Waals surface area (Å²) in [6.07, 6.45) is 1.93. The van der Waals surface area contributed by atoms with E-state index in [2.05, 4.69) is 4.72 Å². The molecule has 66 valence electrons. The summed E-state index contributed by atoms with van der Waals surface area (Å²) < 4.78 is 26.1. The van der Waals surface area contributed by atoms with Gasteiger partial charge in [-0.05, 0) is 6.42 Å². The van der Waals surface area contributed by atoms with Gasteiger partial charge in [-0.2, -0.15) is 12.7 Å². The highest BCUT2D eigenvalue weighted by atomic mass is 32.2. The van der Waals surface area contributed by atoms with Crippen molar-refractivity contribution >= 4 is 10.2 Å². The molecule has 5 heteroatoms. The Kier molecular flexibility index (Phi) is 2.86. The number of rotatable bonds is 5. The first-order valence-corrected chi connectivity index (χ1v) is 5.35. The third-order valence-corrected chi connectivity index (χ3v) is 3.17. The fourth-order valence-corrected chi connectivity index (χ4v) is 1.90. The maximum atomic E-state index is 11.1. The van der Waals surface area contributed by atoms with Gasteiger partial charge in [-0.3, -0.25) is 0 Å². The van der Waals surface area contributed by atoms with E-state index in [0.717, 1.165) is 12.8 Å². The zero-order chi connectivity index (χ0) is 8.32. The van der Waals surface area contributed by atoms with Crippen molar-refractivity contribution in [3.05, 3.63) is 0 Å². The molecule has 1 rings (SSSR count). The van der Waals surface area contributed by atoms with Gasteiger partial charge < -0.3 is 0 Å². The molecule has 4 nitrogen and oxygen atoms in total. The fraction of sp³-hybridized carbons (Fsp3) is 1.00. The van der Waals surface area contributed by atoms with Crippen molar-refractivity contribution in [3.8, 4) is 0 Å². The van der Waals surface area contributed by atoms with E-state index < -0.39 is 10.2 Å². The van der Waals surface area contributed by atoms with E-state index in [4.69, 9.17) is 0 Å². The van der Waals surface area contributed by atoms with E-state index in [-0.39, 0.29) is 0 Å². The Bertz CT molecular complexity index is 209. The highest BCUT2D eigenvalue weighted by Gasteiger charge is 2.30. The summed E-state index contributed by atoms with van der Waals surface area (Å²) in [6, 6.07) is 0. The van der Waals surface area contributed by atoms with Crippen LogP contribution in [0.2, 0.25) is 0 Å². The molecule has 0 aromatic heterocycles. The van der Waals surface area contributed by atoms with Crippen molar-refractivity contribution in [2.45, 2.75) is 19.8 Å². The fourth-order valence-electron chi connectivity index (χ4n) is 0.750. The quantitative estimate of drug-likeness (QED) is 0.473. The van der Waals surface area contributed by atoms with Crippen molar-refractivity contribution in [1.82, 2.24) is 9.03 Å². The first-order chi connectivity index (χ1) is 5.17. The lowest BCUT2D eigenvalue weighted by Crippen LogP contribution is -2.30. The predicted octanol–water partition coefficient (Wildman–Crippen LogP) is -0.0635. The highest BCUT2D eigenvalue weighted by Crippen LogP contribution is 2.08. The van der Waals surface area contributed by atoms with Crippen LogP contribution in [-0.4, -0.2) is 32.4 Å². The van der Waals surface area contributed by atoms with Crippen LogP contribution in [-0.2, 0) is 10.2 Å². The van der Waals surface area contributed by atoms with Gasteiger partial charge in [0.2, 0.25) is 0 Å². The summed E-state index contributed by atoms with van der Waals surface area (Å²) in [5, 5.41) is 0. The molecule has 0 saturated carbocycles. The van der Waals surface area contributed by atoms with Crippen molar-refractivity contribution in [1.29, 1.82) is 0 Å². The van der Waals surface area contributed by atoms with Gasteiger partial charge in [-0.15, -0.1) is 0 Å². The van der Waals surface area contributed by atoms with E-state index in [9.17, 15) is 8.42 Å². The van der Waals surface area contributed by atoms with E-state index in [1.165, 1.54) is 4.31 Å². The molecule has 1 aliphatic heterocycles. The Labute approximate surface area is 67.8 Å². The molecule has 1 saturated heterocycles. The second-order valence-corrected chi connectivity index (χ2v) is 4.41. The molecular weight excluding hydrogens is 164 g/mol. The first kappa shape index (κ1) is 8.96. The Morgan fingerprint density at radius 2 is 2.09 bits per heavy atom. The minimum absolute atomic E-state index is 0.565. The normalized spacial score (nSPS) is 18.6. The van der Waals surface area contributed by atoms with Crippen LogP contribution in [0.3, 0.4) is 0 Å². The molecule has 0 atom stereocenters. The van der Waals surface area contributed by atoms with Crippen molar-refractivity contribution in [3.63, 3.8) is 0 Å². The largest absolute Gasteiger partial charge is 0.279 e. The maximum absolute atomic E-state index is 11.1. The van der Waals surface area contributed by atoms with Crippen LogP contribution in [0.15, 0.2) is 0 Å². The Hall–Kier alpha value is -0.130. The average Bonchev–Trinajstić information content (AvgIpc) is 2.68. The SMILES string of the molecule is CCCCNS(=O)(=O)N1CC1. The molecular formula is C6H14N2O2S. The van der Waals surface area contributed by atoms with E-state index in [1.54, 1.807) is 0 Å². The van der Waals surface area contributed by atoms with Crippen molar-refractivity contribution in [2.24, 2.45) is 0 Å². The van der Waals surface area contributed by atoms with Gasteiger partial charge in [0.15, 0.2) is 0 Å². The Morgan fingerprint density at radius 1 is 1.45 bits per heavy atom. The first-order valence-electron chi connectivity index (χ1n) is 3.91. The van der Waals surface area contributed by atoms with Gasteiger partial charge in [-0.25, -0.2) is 4.72 Å². The highest BCUT2D eigenvalue weighted by molar-refractivity contribution is 7.87. The molecule has 0 bridgehead atoms. The molecule has 0 aromatic rings. The molecule has 1 heterocycles. The van der Waals surface area contributed by atoms with Crippen LogP contribution < -0.4 is 4.72 Å². The van der Waals surface area contributed by atoms with Gasteiger partial charge in [0.25, 0.3) is 10.2 Å². The zero-order valence-electron chi connectivity index (χ0n) is 6.71. The number of hydrogen-bond donors (Lipinski definition) is 1. The summed E-state index contributed by atoms with van der Waals surface area (Å²) in [7, 11) is -3.08. The monoisotopic (exact) mass is 178 g/mol. The van der Waals surface area contributed by atoms with Crippen LogP contribution in [0.1, 0.15) is 19.8 Å². The lowest BCUT2D eigenvalue weighted by atomic mass is 10.3. The summed E-state index contributed by atoms with van der Waals surface area (Å²) in [5.41, 5.74) is 0. The van der Waals surface area contributed by atoms with E-state index in [1.807, 2.05) is 6.92 Å². The predicted molar refractivity (Wildman–Crippen MR) is 43.4 cm³/mol. The van der Waals surface area contributed by atoms with Crippen LogP contribution in [0, 0.1) is 0 Å². The Balaban J connectivity index is 2.23. The molecule has 0 aromatic carbocycles.